The first-order chi connectivity index (χ1) is 15.8. The molecule has 0 aliphatic rings. The van der Waals surface area contributed by atoms with Gasteiger partial charge in [-0.2, -0.15) is 0 Å². The number of benzene rings is 3. The Morgan fingerprint density at radius 2 is 1.67 bits per heavy atom. The number of amidine groups is 1. The Balaban J connectivity index is 1.90. The minimum absolute atomic E-state index is 0.102. The van der Waals surface area contributed by atoms with Crippen molar-refractivity contribution in [2.75, 3.05) is 11.9 Å². The van der Waals surface area contributed by atoms with Gasteiger partial charge in [0.25, 0.3) is 0 Å². The Hall–Kier alpha value is -4.53. The minimum Gasteiger partial charge on any atom is -0.489 e. The van der Waals surface area contributed by atoms with Crippen LogP contribution < -0.4 is 20.5 Å². The summed E-state index contributed by atoms with van der Waals surface area (Å²) in [5, 5.41) is 29.2. The van der Waals surface area contributed by atoms with Crippen molar-refractivity contribution in [1.29, 1.82) is 5.41 Å². The van der Waals surface area contributed by atoms with Crippen LogP contribution in [0, 0.1) is 5.41 Å². The summed E-state index contributed by atoms with van der Waals surface area (Å²) >= 11 is 0. The summed E-state index contributed by atoms with van der Waals surface area (Å²) in [6.45, 7) is -0.357. The molecule has 0 aliphatic carbocycles. The highest BCUT2D eigenvalue weighted by atomic mass is 16.5. The lowest BCUT2D eigenvalue weighted by atomic mass is 10.0. The molecule has 0 fully saturated rings. The molecule has 6 N–H and O–H groups in total. The standard InChI is InChI=1S/C24H23N3O6/c25-23(26)16-6-8-17(9-7-16)27-22(24(30)31)19-12-18(10-11-20(19)33-14-21(28)29)32-13-15-4-2-1-3-5-15/h1-12,22,27H,13-14H2,(H3,25,26)(H,28,29)(H,30,31). The topological polar surface area (TPSA) is 155 Å². The first-order valence-electron chi connectivity index (χ1n) is 9.92. The zero-order valence-corrected chi connectivity index (χ0v) is 17.5. The van der Waals surface area contributed by atoms with Gasteiger partial charge in [0.05, 0.1) is 0 Å². The molecule has 0 saturated heterocycles. The molecule has 9 nitrogen and oxygen atoms in total. The first-order valence-corrected chi connectivity index (χ1v) is 9.92. The molecule has 0 aromatic heterocycles. The number of hydrogen-bond acceptors (Lipinski definition) is 6. The highest BCUT2D eigenvalue weighted by Gasteiger charge is 2.25. The quantitative estimate of drug-likeness (QED) is 0.221. The largest absolute Gasteiger partial charge is 0.489 e. The van der Waals surface area contributed by atoms with Crippen LogP contribution in [0.15, 0.2) is 72.8 Å². The number of rotatable bonds is 11. The van der Waals surface area contributed by atoms with E-state index in [1.54, 1.807) is 30.3 Å². The smallest absolute Gasteiger partial charge is 0.341 e. The lowest BCUT2D eigenvalue weighted by Crippen LogP contribution is -2.22. The van der Waals surface area contributed by atoms with E-state index in [9.17, 15) is 14.7 Å². The number of carbonyl (C=O) groups is 2. The lowest BCUT2D eigenvalue weighted by molar-refractivity contribution is -0.139. The number of nitrogens with two attached hydrogens (primary N) is 1. The van der Waals surface area contributed by atoms with Crippen molar-refractivity contribution in [3.8, 4) is 11.5 Å². The zero-order valence-electron chi connectivity index (χ0n) is 17.5. The van der Waals surface area contributed by atoms with Crippen molar-refractivity contribution >= 4 is 23.5 Å². The number of ether oxygens (including phenoxy) is 2. The number of carboxylic acid groups (broad SMARTS) is 2. The second-order valence-electron chi connectivity index (χ2n) is 7.06. The molecule has 0 radical (unpaired) electrons. The maximum Gasteiger partial charge on any atom is 0.341 e. The molecule has 170 valence electrons. The fourth-order valence-corrected chi connectivity index (χ4v) is 3.04. The molecule has 0 bridgehead atoms. The van der Waals surface area contributed by atoms with Gasteiger partial charge in [0.2, 0.25) is 0 Å². The van der Waals surface area contributed by atoms with E-state index in [0.29, 0.717) is 17.0 Å². The molecular weight excluding hydrogens is 426 g/mol. The SMILES string of the molecule is N=C(N)c1ccc(NC(C(=O)O)c2cc(OCc3ccccc3)ccc2OCC(=O)O)cc1. The molecule has 0 saturated carbocycles. The van der Waals surface area contributed by atoms with Crippen LogP contribution >= 0.6 is 0 Å². The van der Waals surface area contributed by atoms with E-state index in [-0.39, 0.29) is 23.8 Å². The van der Waals surface area contributed by atoms with Gasteiger partial charge >= 0.3 is 11.9 Å². The van der Waals surface area contributed by atoms with Crippen molar-refractivity contribution in [2.24, 2.45) is 5.73 Å². The van der Waals surface area contributed by atoms with Gasteiger partial charge in [-0.1, -0.05) is 30.3 Å². The third kappa shape index (κ3) is 6.47. The van der Waals surface area contributed by atoms with Crippen LogP contribution in [-0.2, 0) is 16.2 Å². The number of aliphatic carboxylic acids is 2. The van der Waals surface area contributed by atoms with Crippen molar-refractivity contribution in [3.05, 3.63) is 89.5 Å². The van der Waals surface area contributed by atoms with Gasteiger partial charge in [0.1, 0.15) is 23.9 Å². The molecule has 0 heterocycles. The summed E-state index contributed by atoms with van der Waals surface area (Å²) in [4.78, 5) is 23.1. The van der Waals surface area contributed by atoms with Crippen LogP contribution in [-0.4, -0.2) is 34.6 Å². The zero-order chi connectivity index (χ0) is 23.8. The number of nitrogens with one attached hydrogen (secondary N) is 2. The summed E-state index contributed by atoms with van der Waals surface area (Å²) < 4.78 is 11.1. The number of hydrogen-bond donors (Lipinski definition) is 5. The van der Waals surface area contributed by atoms with Crippen LogP contribution in [0.3, 0.4) is 0 Å². The second-order valence-corrected chi connectivity index (χ2v) is 7.06. The summed E-state index contributed by atoms with van der Waals surface area (Å²) in [6, 6.07) is 19.1. The highest BCUT2D eigenvalue weighted by molar-refractivity contribution is 5.95. The molecule has 3 aromatic carbocycles. The Morgan fingerprint density at radius 3 is 2.27 bits per heavy atom. The van der Waals surface area contributed by atoms with Gasteiger partial charge < -0.3 is 30.7 Å². The second kappa shape index (κ2) is 10.7. The Morgan fingerprint density at radius 1 is 0.970 bits per heavy atom. The van der Waals surface area contributed by atoms with E-state index in [1.807, 2.05) is 30.3 Å². The normalized spacial score (nSPS) is 11.3. The van der Waals surface area contributed by atoms with Crippen molar-refractivity contribution in [2.45, 2.75) is 12.6 Å². The molecule has 1 atom stereocenters. The van der Waals surface area contributed by atoms with E-state index >= 15 is 0 Å². The fraction of sp³-hybridized carbons (Fsp3) is 0.125. The third-order valence-electron chi connectivity index (χ3n) is 4.65. The summed E-state index contributed by atoms with van der Waals surface area (Å²) in [7, 11) is 0. The molecule has 0 spiro atoms. The number of carboxylic acids is 2. The molecule has 3 aromatic rings. The number of nitrogen functional groups attached to an aromatic ring is 1. The van der Waals surface area contributed by atoms with Crippen LogP contribution in [0.4, 0.5) is 5.69 Å². The van der Waals surface area contributed by atoms with Crippen LogP contribution in [0.5, 0.6) is 11.5 Å². The molecule has 1 unspecified atom stereocenters. The van der Waals surface area contributed by atoms with Gasteiger partial charge in [-0.05, 0) is 48.0 Å². The summed E-state index contributed by atoms with van der Waals surface area (Å²) in [5.74, 6) is -2.00. The first kappa shape index (κ1) is 23.1. The molecule has 33 heavy (non-hydrogen) atoms. The molecular formula is C24H23N3O6. The minimum atomic E-state index is -1.27. The van der Waals surface area contributed by atoms with Crippen LogP contribution in [0.25, 0.3) is 0 Å². The predicted octanol–water partition coefficient (Wildman–Crippen LogP) is 3.25. The summed E-state index contributed by atoms with van der Waals surface area (Å²) in [6.07, 6.45) is 0. The average molecular weight is 449 g/mol. The van der Waals surface area contributed by atoms with E-state index in [2.05, 4.69) is 5.32 Å². The van der Waals surface area contributed by atoms with E-state index < -0.39 is 24.6 Å². The lowest BCUT2D eigenvalue weighted by Gasteiger charge is -2.20. The highest BCUT2D eigenvalue weighted by Crippen LogP contribution is 2.32. The molecule has 9 heteroatoms. The maximum atomic E-state index is 12.1. The van der Waals surface area contributed by atoms with Gasteiger partial charge in [0, 0.05) is 16.8 Å². The summed E-state index contributed by atoms with van der Waals surface area (Å²) in [5.41, 5.74) is 7.55. The van der Waals surface area contributed by atoms with Crippen molar-refractivity contribution in [3.63, 3.8) is 0 Å². The van der Waals surface area contributed by atoms with E-state index in [1.165, 1.54) is 12.1 Å². The van der Waals surface area contributed by atoms with Gasteiger partial charge in [-0.15, -0.1) is 0 Å². The van der Waals surface area contributed by atoms with Gasteiger partial charge in [-0.25, -0.2) is 9.59 Å². The van der Waals surface area contributed by atoms with E-state index in [0.717, 1.165) is 5.56 Å². The monoisotopic (exact) mass is 449 g/mol. The van der Waals surface area contributed by atoms with Gasteiger partial charge in [-0.3, -0.25) is 5.41 Å². The third-order valence-corrected chi connectivity index (χ3v) is 4.65. The van der Waals surface area contributed by atoms with Crippen LogP contribution in [0.1, 0.15) is 22.7 Å². The van der Waals surface area contributed by atoms with Gasteiger partial charge in [0.15, 0.2) is 12.6 Å². The molecule has 3 rings (SSSR count). The Bertz CT molecular complexity index is 1130. The fourth-order valence-electron chi connectivity index (χ4n) is 3.04. The maximum absolute atomic E-state index is 12.1. The van der Waals surface area contributed by atoms with Crippen molar-refractivity contribution < 1.29 is 29.3 Å². The average Bonchev–Trinajstić information content (AvgIpc) is 2.81. The van der Waals surface area contributed by atoms with Crippen molar-refractivity contribution in [1.82, 2.24) is 0 Å². The predicted molar refractivity (Wildman–Crippen MR) is 122 cm³/mol. The molecule has 0 aliphatic heterocycles. The Labute approximate surface area is 189 Å². The Kier molecular flexibility index (Phi) is 7.48. The van der Waals surface area contributed by atoms with Crippen LogP contribution in [0.2, 0.25) is 0 Å². The molecule has 0 amide bonds. The van der Waals surface area contributed by atoms with E-state index in [4.69, 9.17) is 25.7 Å². The number of anilines is 1.